The molecule has 0 spiro atoms. The molecule has 0 aliphatic rings. The lowest BCUT2D eigenvalue weighted by Crippen LogP contribution is -2.00. The fourth-order valence-electron chi connectivity index (χ4n) is 2.25. The van der Waals surface area contributed by atoms with Crippen molar-refractivity contribution in [2.75, 3.05) is 0 Å². The first kappa shape index (κ1) is 14.5. The Bertz CT molecular complexity index is 768. The summed E-state index contributed by atoms with van der Waals surface area (Å²) in [7, 11) is 0. The van der Waals surface area contributed by atoms with Crippen LogP contribution >= 0.6 is 31.9 Å². The van der Waals surface area contributed by atoms with Crippen LogP contribution in [-0.2, 0) is 11.9 Å². The highest BCUT2D eigenvalue weighted by Crippen LogP contribution is 2.31. The van der Waals surface area contributed by atoms with E-state index in [0.29, 0.717) is 6.61 Å². The fourth-order valence-corrected chi connectivity index (χ4v) is 3.22. The van der Waals surface area contributed by atoms with Crippen molar-refractivity contribution in [3.8, 4) is 5.75 Å². The maximum Gasteiger partial charge on any atom is 0.138 e. The van der Waals surface area contributed by atoms with Gasteiger partial charge in [0.15, 0.2) is 0 Å². The molecule has 0 N–H and O–H groups in total. The van der Waals surface area contributed by atoms with Gasteiger partial charge in [0.1, 0.15) is 12.4 Å². The monoisotopic (exact) mass is 405 g/mol. The van der Waals surface area contributed by atoms with Crippen LogP contribution in [0.2, 0.25) is 0 Å². The molecule has 106 valence electrons. The first-order valence-corrected chi connectivity index (χ1v) is 8.50. The van der Waals surface area contributed by atoms with Crippen LogP contribution in [0.25, 0.3) is 10.9 Å². The number of fused-ring (bicyclic) bond motifs is 1. The van der Waals surface area contributed by atoms with Crippen LogP contribution in [-0.4, -0.2) is 4.98 Å². The van der Waals surface area contributed by atoms with Gasteiger partial charge in [0.2, 0.25) is 0 Å². The summed E-state index contributed by atoms with van der Waals surface area (Å²) in [5.41, 5.74) is 3.20. The Balaban J connectivity index is 1.91. The fraction of sp³-hybridized carbons (Fsp3) is 0.118. The number of nitrogens with zero attached hydrogens (tertiary/aromatic N) is 1. The molecule has 2 aromatic carbocycles. The zero-order valence-electron chi connectivity index (χ0n) is 11.2. The summed E-state index contributed by atoms with van der Waals surface area (Å²) >= 11 is 7.05. The highest BCUT2D eigenvalue weighted by molar-refractivity contribution is 9.10. The molecule has 3 rings (SSSR count). The summed E-state index contributed by atoms with van der Waals surface area (Å²) in [6, 6.07) is 16.2. The predicted octanol–water partition coefficient (Wildman–Crippen LogP) is 5.47. The van der Waals surface area contributed by atoms with E-state index in [1.54, 1.807) is 0 Å². The number of hydrogen-bond acceptors (Lipinski definition) is 2. The lowest BCUT2D eigenvalue weighted by atomic mass is 10.1. The van der Waals surface area contributed by atoms with Gasteiger partial charge in [-0.15, -0.1) is 0 Å². The molecule has 1 heterocycles. The van der Waals surface area contributed by atoms with Crippen molar-refractivity contribution in [3.05, 3.63) is 70.3 Å². The van der Waals surface area contributed by atoms with Crippen LogP contribution in [0.15, 0.2) is 59.2 Å². The molecule has 1 aromatic heterocycles. The van der Waals surface area contributed by atoms with Gasteiger partial charge in [-0.05, 0) is 28.1 Å². The Hall–Kier alpha value is -1.39. The van der Waals surface area contributed by atoms with E-state index in [4.69, 9.17) is 4.74 Å². The second-order valence-electron chi connectivity index (χ2n) is 4.64. The number of ether oxygens (including phenoxy) is 1. The Morgan fingerprint density at radius 3 is 2.57 bits per heavy atom. The Kier molecular flexibility index (Phi) is 4.56. The van der Waals surface area contributed by atoms with E-state index in [9.17, 15) is 0 Å². The molecule has 0 aliphatic heterocycles. The number of pyridine rings is 1. The maximum absolute atomic E-state index is 6.04. The first-order chi connectivity index (χ1) is 10.3. The smallest absolute Gasteiger partial charge is 0.138 e. The average Bonchev–Trinajstić information content (AvgIpc) is 2.53. The molecule has 0 unspecified atom stereocenters. The number of halogens is 2. The highest BCUT2D eigenvalue weighted by Gasteiger charge is 2.09. The average molecular weight is 407 g/mol. The highest BCUT2D eigenvalue weighted by atomic mass is 79.9. The minimum Gasteiger partial charge on any atom is -0.487 e. The van der Waals surface area contributed by atoms with E-state index >= 15 is 0 Å². The largest absolute Gasteiger partial charge is 0.487 e. The van der Waals surface area contributed by atoms with Crippen LogP contribution < -0.4 is 4.74 Å². The molecule has 0 aliphatic carbocycles. The molecule has 0 amide bonds. The van der Waals surface area contributed by atoms with Crippen LogP contribution in [0.3, 0.4) is 0 Å². The summed E-state index contributed by atoms with van der Waals surface area (Å²) < 4.78 is 7.00. The second kappa shape index (κ2) is 6.58. The van der Waals surface area contributed by atoms with E-state index in [-0.39, 0.29) is 0 Å². The summed E-state index contributed by atoms with van der Waals surface area (Å²) in [5, 5.41) is 1.89. The minimum absolute atomic E-state index is 0.497. The topological polar surface area (TPSA) is 22.1 Å². The van der Waals surface area contributed by atoms with Crippen molar-refractivity contribution in [1.29, 1.82) is 0 Å². The third-order valence-corrected chi connectivity index (χ3v) is 4.51. The van der Waals surface area contributed by atoms with Gasteiger partial charge in [-0.25, -0.2) is 0 Å². The molecule has 21 heavy (non-hydrogen) atoms. The van der Waals surface area contributed by atoms with Crippen molar-refractivity contribution in [2.45, 2.75) is 11.9 Å². The third kappa shape index (κ3) is 3.11. The summed E-state index contributed by atoms with van der Waals surface area (Å²) in [6.45, 7) is 0.497. The molecule has 3 aromatic rings. The number of hydrogen-bond donors (Lipinski definition) is 0. The van der Waals surface area contributed by atoms with Gasteiger partial charge in [0, 0.05) is 28.0 Å². The Morgan fingerprint density at radius 1 is 0.952 bits per heavy atom. The molecule has 0 saturated heterocycles. The van der Waals surface area contributed by atoms with E-state index in [1.807, 2.05) is 30.5 Å². The molecular weight excluding hydrogens is 394 g/mol. The third-order valence-electron chi connectivity index (χ3n) is 3.28. The lowest BCUT2D eigenvalue weighted by molar-refractivity contribution is 0.303. The van der Waals surface area contributed by atoms with Gasteiger partial charge < -0.3 is 4.74 Å². The van der Waals surface area contributed by atoms with Gasteiger partial charge in [0.05, 0.1) is 9.99 Å². The second-order valence-corrected chi connectivity index (χ2v) is 6.06. The SMILES string of the molecule is BrCc1cccc(Br)c1OCc1cccc2cccnc12. The molecule has 0 saturated carbocycles. The summed E-state index contributed by atoms with van der Waals surface area (Å²) in [6.07, 6.45) is 1.81. The van der Waals surface area contributed by atoms with Gasteiger partial charge in [0.25, 0.3) is 0 Å². The van der Waals surface area contributed by atoms with Gasteiger partial charge in [-0.1, -0.05) is 52.3 Å². The van der Waals surface area contributed by atoms with Crippen molar-refractivity contribution in [3.63, 3.8) is 0 Å². The number of rotatable bonds is 4. The summed E-state index contributed by atoms with van der Waals surface area (Å²) in [5.74, 6) is 0.877. The van der Waals surface area contributed by atoms with E-state index in [2.05, 4.69) is 61.1 Å². The van der Waals surface area contributed by atoms with Gasteiger partial charge in [-0.2, -0.15) is 0 Å². The van der Waals surface area contributed by atoms with Crippen LogP contribution in [0.4, 0.5) is 0 Å². The van der Waals surface area contributed by atoms with Crippen LogP contribution in [0.1, 0.15) is 11.1 Å². The standard InChI is InChI=1S/C17H13Br2NO/c18-10-13-5-2-8-15(19)17(13)21-11-14-6-1-4-12-7-3-9-20-16(12)14/h1-9H,10-11H2. The van der Waals surface area contributed by atoms with Gasteiger partial charge >= 0.3 is 0 Å². The lowest BCUT2D eigenvalue weighted by Gasteiger charge is -2.13. The molecule has 2 nitrogen and oxygen atoms in total. The zero-order chi connectivity index (χ0) is 14.7. The predicted molar refractivity (Wildman–Crippen MR) is 92.8 cm³/mol. The molecular formula is C17H13Br2NO. The quantitative estimate of drug-likeness (QED) is 0.536. The Labute approximate surface area is 140 Å². The number of aromatic nitrogens is 1. The van der Waals surface area contributed by atoms with E-state index < -0.39 is 0 Å². The van der Waals surface area contributed by atoms with E-state index in [1.165, 1.54) is 0 Å². The minimum atomic E-state index is 0.497. The molecule has 0 atom stereocenters. The van der Waals surface area contributed by atoms with Gasteiger partial charge in [-0.3, -0.25) is 4.98 Å². The summed E-state index contributed by atoms with van der Waals surface area (Å²) in [4.78, 5) is 4.46. The van der Waals surface area contributed by atoms with E-state index in [0.717, 1.165) is 37.6 Å². The normalized spacial score (nSPS) is 10.8. The number of para-hydroxylation sites is 2. The molecule has 0 bridgehead atoms. The molecule has 4 heteroatoms. The number of alkyl halides is 1. The van der Waals surface area contributed by atoms with Crippen LogP contribution in [0.5, 0.6) is 5.75 Å². The van der Waals surface area contributed by atoms with Crippen molar-refractivity contribution in [2.24, 2.45) is 0 Å². The van der Waals surface area contributed by atoms with Crippen molar-refractivity contribution >= 4 is 42.8 Å². The Morgan fingerprint density at radius 2 is 1.71 bits per heavy atom. The zero-order valence-corrected chi connectivity index (χ0v) is 14.4. The first-order valence-electron chi connectivity index (χ1n) is 6.58. The van der Waals surface area contributed by atoms with Crippen LogP contribution in [0, 0.1) is 0 Å². The molecule has 0 radical (unpaired) electrons. The molecule has 0 fully saturated rings. The maximum atomic E-state index is 6.04. The van der Waals surface area contributed by atoms with Crippen molar-refractivity contribution < 1.29 is 4.74 Å². The number of benzene rings is 2. The van der Waals surface area contributed by atoms with Crippen molar-refractivity contribution in [1.82, 2.24) is 4.98 Å².